The molecule has 2 aromatic heterocycles. The molecule has 0 atom stereocenters. The van der Waals surface area contributed by atoms with Gasteiger partial charge in [0.2, 0.25) is 11.8 Å². The van der Waals surface area contributed by atoms with Crippen molar-refractivity contribution in [2.75, 3.05) is 20.1 Å². The van der Waals surface area contributed by atoms with Crippen LogP contribution in [0.3, 0.4) is 0 Å². The van der Waals surface area contributed by atoms with Crippen molar-refractivity contribution in [1.29, 1.82) is 0 Å². The van der Waals surface area contributed by atoms with Gasteiger partial charge in [-0.25, -0.2) is 0 Å². The molecule has 148 valence electrons. The van der Waals surface area contributed by atoms with Gasteiger partial charge in [-0.15, -0.1) is 21.5 Å². The van der Waals surface area contributed by atoms with Crippen LogP contribution in [0.5, 0.6) is 0 Å². The first-order valence-electron chi connectivity index (χ1n) is 9.91. The Morgan fingerprint density at radius 1 is 1.30 bits per heavy atom. The van der Waals surface area contributed by atoms with E-state index in [1.54, 1.807) is 11.3 Å². The number of hydrogen-bond acceptors (Lipinski definition) is 6. The lowest BCUT2D eigenvalue weighted by Crippen LogP contribution is -2.43. The molecule has 1 aliphatic carbocycles. The minimum absolute atomic E-state index is 0.133. The van der Waals surface area contributed by atoms with Crippen LogP contribution in [0.25, 0.3) is 10.8 Å². The first kappa shape index (κ1) is 20.0. The van der Waals surface area contributed by atoms with Gasteiger partial charge in [0.25, 0.3) is 5.89 Å². The normalized spacial score (nSPS) is 20.1. The summed E-state index contributed by atoms with van der Waals surface area (Å²) in [7, 11) is 2.07. The highest BCUT2D eigenvalue weighted by Gasteiger charge is 2.25. The van der Waals surface area contributed by atoms with E-state index in [2.05, 4.69) is 36.0 Å². The summed E-state index contributed by atoms with van der Waals surface area (Å²) in [4.78, 5) is 17.9. The third kappa shape index (κ3) is 5.39. The highest BCUT2D eigenvalue weighted by atomic mass is 32.1. The standard InChI is InChI=1S/C20H30N4O2S/c1-4-11-24(13-18-21-22-20(26-18)17-6-5-12-27-17)19(25)14-23(3)16-9-7-15(2)8-10-16/h5-6,12,15-16H,4,7-11,13-14H2,1-3H3. The molecule has 6 nitrogen and oxygen atoms in total. The maximum atomic E-state index is 12.9. The minimum Gasteiger partial charge on any atom is -0.418 e. The Labute approximate surface area is 165 Å². The van der Waals surface area contributed by atoms with Crippen LogP contribution in [0.2, 0.25) is 0 Å². The van der Waals surface area contributed by atoms with Crippen LogP contribution in [-0.2, 0) is 11.3 Å². The first-order valence-corrected chi connectivity index (χ1v) is 10.8. The number of thiophene rings is 1. The molecule has 0 saturated heterocycles. The fourth-order valence-electron chi connectivity index (χ4n) is 3.67. The molecule has 1 fully saturated rings. The molecule has 27 heavy (non-hydrogen) atoms. The molecule has 7 heteroatoms. The van der Waals surface area contributed by atoms with Crippen molar-refractivity contribution in [3.05, 3.63) is 23.4 Å². The molecule has 0 radical (unpaired) electrons. The summed E-state index contributed by atoms with van der Waals surface area (Å²) in [6.45, 7) is 5.92. The largest absolute Gasteiger partial charge is 0.418 e. The molecule has 0 aliphatic heterocycles. The number of likely N-dealkylation sites (N-methyl/N-ethyl adjacent to an activating group) is 1. The first-order chi connectivity index (χ1) is 13.1. The number of carbonyl (C=O) groups excluding carboxylic acids is 1. The number of amides is 1. The fourth-order valence-corrected chi connectivity index (χ4v) is 4.31. The Morgan fingerprint density at radius 2 is 2.07 bits per heavy atom. The summed E-state index contributed by atoms with van der Waals surface area (Å²) in [5.74, 6) is 1.97. The zero-order valence-corrected chi connectivity index (χ0v) is 17.4. The molecule has 1 amide bonds. The topological polar surface area (TPSA) is 62.5 Å². The molecular weight excluding hydrogens is 360 g/mol. The zero-order valence-electron chi connectivity index (χ0n) is 16.6. The van der Waals surface area contributed by atoms with E-state index in [4.69, 9.17) is 4.42 Å². The summed E-state index contributed by atoms with van der Waals surface area (Å²) in [6.07, 6.45) is 5.80. The predicted octanol–water partition coefficient (Wildman–Crippen LogP) is 4.05. The van der Waals surface area contributed by atoms with Crippen molar-refractivity contribution >= 4 is 17.2 Å². The molecular formula is C20H30N4O2S. The van der Waals surface area contributed by atoms with Crippen LogP contribution in [0.1, 0.15) is 51.8 Å². The van der Waals surface area contributed by atoms with Gasteiger partial charge in [0.15, 0.2) is 0 Å². The van der Waals surface area contributed by atoms with E-state index < -0.39 is 0 Å². The Kier molecular flexibility index (Phi) is 7.01. The highest BCUT2D eigenvalue weighted by molar-refractivity contribution is 7.13. The Morgan fingerprint density at radius 3 is 2.74 bits per heavy atom. The maximum absolute atomic E-state index is 12.9. The van der Waals surface area contributed by atoms with Crippen molar-refractivity contribution in [2.24, 2.45) is 5.92 Å². The monoisotopic (exact) mass is 390 g/mol. The number of nitrogens with zero attached hydrogens (tertiary/aromatic N) is 4. The molecule has 0 N–H and O–H groups in total. The molecule has 2 aromatic rings. The van der Waals surface area contributed by atoms with Gasteiger partial charge in [0, 0.05) is 12.6 Å². The van der Waals surface area contributed by atoms with Crippen LogP contribution in [0, 0.1) is 5.92 Å². The minimum atomic E-state index is 0.133. The second kappa shape index (κ2) is 9.46. The lowest BCUT2D eigenvalue weighted by Gasteiger charge is -2.34. The van der Waals surface area contributed by atoms with Gasteiger partial charge in [-0.1, -0.05) is 19.9 Å². The Hall–Kier alpha value is -1.73. The third-order valence-corrected chi connectivity index (χ3v) is 6.22. The van der Waals surface area contributed by atoms with E-state index in [-0.39, 0.29) is 5.91 Å². The van der Waals surface area contributed by atoms with Crippen molar-refractivity contribution in [3.63, 3.8) is 0 Å². The lowest BCUT2D eigenvalue weighted by atomic mass is 9.87. The summed E-state index contributed by atoms with van der Waals surface area (Å²) in [6, 6.07) is 4.43. The van der Waals surface area contributed by atoms with Crippen molar-refractivity contribution in [1.82, 2.24) is 20.0 Å². The maximum Gasteiger partial charge on any atom is 0.257 e. The van der Waals surface area contributed by atoms with Gasteiger partial charge in [0.05, 0.1) is 18.0 Å². The van der Waals surface area contributed by atoms with E-state index in [0.29, 0.717) is 37.5 Å². The average Bonchev–Trinajstić information content (AvgIpc) is 3.33. The Balaban J connectivity index is 1.58. The van der Waals surface area contributed by atoms with Gasteiger partial charge in [-0.05, 0) is 56.5 Å². The van der Waals surface area contributed by atoms with Crippen LogP contribution < -0.4 is 0 Å². The average molecular weight is 391 g/mol. The number of rotatable bonds is 8. The molecule has 1 saturated carbocycles. The molecule has 1 aliphatic rings. The summed E-state index contributed by atoms with van der Waals surface area (Å²) in [5, 5.41) is 10.2. The van der Waals surface area contributed by atoms with Crippen LogP contribution in [0.15, 0.2) is 21.9 Å². The number of hydrogen-bond donors (Lipinski definition) is 0. The van der Waals surface area contributed by atoms with Gasteiger partial charge >= 0.3 is 0 Å². The Bertz CT molecular complexity index is 707. The fraction of sp³-hybridized carbons (Fsp3) is 0.650. The molecule has 2 heterocycles. The van der Waals surface area contributed by atoms with E-state index in [1.807, 2.05) is 22.4 Å². The predicted molar refractivity (Wildman–Crippen MR) is 107 cm³/mol. The van der Waals surface area contributed by atoms with Crippen molar-refractivity contribution in [2.45, 2.75) is 58.5 Å². The molecule has 0 bridgehead atoms. The quantitative estimate of drug-likeness (QED) is 0.680. The van der Waals surface area contributed by atoms with Gasteiger partial charge in [-0.2, -0.15) is 0 Å². The third-order valence-electron chi connectivity index (χ3n) is 5.36. The number of aromatic nitrogens is 2. The van der Waals surface area contributed by atoms with Crippen LogP contribution in [0.4, 0.5) is 0 Å². The van der Waals surface area contributed by atoms with E-state index >= 15 is 0 Å². The SMILES string of the molecule is CCCN(Cc1nnc(-c2cccs2)o1)C(=O)CN(C)C1CCC(C)CC1. The van der Waals surface area contributed by atoms with Gasteiger partial charge in [0.1, 0.15) is 0 Å². The van der Waals surface area contributed by atoms with Crippen molar-refractivity contribution in [3.8, 4) is 10.8 Å². The molecule has 3 rings (SSSR count). The van der Waals surface area contributed by atoms with Crippen molar-refractivity contribution < 1.29 is 9.21 Å². The van der Waals surface area contributed by atoms with Crippen LogP contribution in [-0.4, -0.2) is 52.1 Å². The van der Waals surface area contributed by atoms with E-state index in [9.17, 15) is 4.79 Å². The summed E-state index contributed by atoms with van der Waals surface area (Å²) >= 11 is 1.57. The zero-order chi connectivity index (χ0) is 19.2. The van der Waals surface area contributed by atoms with Gasteiger partial charge < -0.3 is 9.32 Å². The summed E-state index contributed by atoms with van der Waals surface area (Å²) < 4.78 is 5.77. The number of carbonyl (C=O) groups is 1. The summed E-state index contributed by atoms with van der Waals surface area (Å²) in [5.41, 5.74) is 0. The molecule has 0 aromatic carbocycles. The second-order valence-electron chi connectivity index (χ2n) is 7.62. The van der Waals surface area contributed by atoms with Crippen LogP contribution >= 0.6 is 11.3 Å². The lowest BCUT2D eigenvalue weighted by molar-refractivity contribution is -0.133. The highest BCUT2D eigenvalue weighted by Crippen LogP contribution is 2.26. The van der Waals surface area contributed by atoms with Gasteiger partial charge in [-0.3, -0.25) is 9.69 Å². The van der Waals surface area contributed by atoms with E-state index in [0.717, 1.165) is 17.2 Å². The smallest absolute Gasteiger partial charge is 0.257 e. The molecule has 0 unspecified atom stereocenters. The second-order valence-corrected chi connectivity index (χ2v) is 8.57. The van der Waals surface area contributed by atoms with E-state index in [1.165, 1.54) is 25.7 Å². The molecule has 0 spiro atoms.